The highest BCUT2D eigenvalue weighted by molar-refractivity contribution is 5.71. The number of allylic oxidation sites excluding steroid dienone is 8. The fraction of sp³-hybridized carbons (Fsp3) is 0.766. The zero-order valence-electron chi connectivity index (χ0n) is 34.8. The van der Waals surface area contributed by atoms with Gasteiger partial charge in [-0.15, -0.1) is 0 Å². The Morgan fingerprint density at radius 3 is 1.15 bits per heavy atom. The molecule has 0 aliphatic carbocycles. The molecule has 0 N–H and O–H groups in total. The van der Waals surface area contributed by atoms with E-state index >= 15 is 0 Å². The lowest BCUT2D eigenvalue weighted by molar-refractivity contribution is -0.166. The Balaban J connectivity index is 4.45. The van der Waals surface area contributed by atoms with Gasteiger partial charge < -0.3 is 14.2 Å². The molecule has 0 bridgehead atoms. The van der Waals surface area contributed by atoms with Crippen molar-refractivity contribution in [2.75, 3.05) is 13.2 Å². The van der Waals surface area contributed by atoms with E-state index in [1.807, 2.05) is 12.2 Å². The summed E-state index contributed by atoms with van der Waals surface area (Å²) >= 11 is 0. The average Bonchev–Trinajstić information content (AvgIpc) is 3.15. The molecule has 0 aromatic heterocycles. The summed E-state index contributed by atoms with van der Waals surface area (Å²) in [6.07, 6.45) is 48.2. The molecular weight excluding hydrogens is 661 g/mol. The van der Waals surface area contributed by atoms with Crippen LogP contribution >= 0.6 is 0 Å². The van der Waals surface area contributed by atoms with Crippen molar-refractivity contribution in [3.63, 3.8) is 0 Å². The first-order chi connectivity index (χ1) is 26.0. The van der Waals surface area contributed by atoms with Crippen molar-refractivity contribution in [2.45, 2.75) is 219 Å². The van der Waals surface area contributed by atoms with Gasteiger partial charge in [0.15, 0.2) is 6.10 Å². The van der Waals surface area contributed by atoms with E-state index in [1.54, 1.807) is 0 Å². The summed E-state index contributed by atoms with van der Waals surface area (Å²) < 4.78 is 16.6. The van der Waals surface area contributed by atoms with Crippen molar-refractivity contribution in [3.8, 4) is 0 Å². The van der Waals surface area contributed by atoms with E-state index < -0.39 is 6.10 Å². The van der Waals surface area contributed by atoms with Crippen molar-refractivity contribution in [2.24, 2.45) is 0 Å². The van der Waals surface area contributed by atoms with Gasteiger partial charge in [-0.25, -0.2) is 0 Å². The second-order valence-corrected chi connectivity index (χ2v) is 14.6. The minimum atomic E-state index is -0.794. The van der Waals surface area contributed by atoms with Gasteiger partial charge in [-0.2, -0.15) is 0 Å². The summed E-state index contributed by atoms with van der Waals surface area (Å²) in [6.45, 7) is 6.42. The average molecular weight is 743 g/mol. The molecule has 0 rings (SSSR count). The van der Waals surface area contributed by atoms with Crippen molar-refractivity contribution < 1.29 is 28.6 Å². The van der Waals surface area contributed by atoms with Crippen LogP contribution < -0.4 is 0 Å². The Morgan fingerprint density at radius 1 is 0.396 bits per heavy atom. The van der Waals surface area contributed by atoms with Crippen molar-refractivity contribution in [1.29, 1.82) is 0 Å². The molecule has 0 aromatic carbocycles. The van der Waals surface area contributed by atoms with Crippen molar-refractivity contribution in [1.82, 2.24) is 0 Å². The highest BCUT2D eigenvalue weighted by Crippen LogP contribution is 2.14. The zero-order valence-corrected chi connectivity index (χ0v) is 34.8. The molecule has 0 saturated heterocycles. The molecule has 0 spiro atoms. The normalized spacial score (nSPS) is 12.4. The van der Waals surface area contributed by atoms with Crippen LogP contribution in [-0.2, 0) is 28.6 Å². The minimum Gasteiger partial charge on any atom is -0.462 e. The van der Waals surface area contributed by atoms with Gasteiger partial charge in [0.1, 0.15) is 13.2 Å². The Labute approximate surface area is 327 Å². The van der Waals surface area contributed by atoms with Crippen LogP contribution in [0.1, 0.15) is 213 Å². The molecular formula is C47H82O6. The molecule has 0 aliphatic rings. The Morgan fingerprint density at radius 2 is 0.736 bits per heavy atom. The maximum Gasteiger partial charge on any atom is 0.306 e. The summed E-state index contributed by atoms with van der Waals surface area (Å²) in [4.78, 5) is 37.6. The lowest BCUT2D eigenvalue weighted by Gasteiger charge is -2.18. The van der Waals surface area contributed by atoms with Gasteiger partial charge in [0.05, 0.1) is 0 Å². The molecule has 0 saturated carbocycles. The largest absolute Gasteiger partial charge is 0.462 e. The maximum absolute atomic E-state index is 12.7. The fourth-order valence-electron chi connectivity index (χ4n) is 6.04. The van der Waals surface area contributed by atoms with Crippen LogP contribution in [0.15, 0.2) is 48.6 Å². The van der Waals surface area contributed by atoms with E-state index in [0.29, 0.717) is 19.3 Å². The van der Waals surface area contributed by atoms with Gasteiger partial charge >= 0.3 is 17.9 Å². The number of hydrogen-bond acceptors (Lipinski definition) is 6. The van der Waals surface area contributed by atoms with Crippen molar-refractivity contribution in [3.05, 3.63) is 48.6 Å². The van der Waals surface area contributed by atoms with E-state index in [1.165, 1.54) is 103 Å². The van der Waals surface area contributed by atoms with Crippen LogP contribution in [-0.4, -0.2) is 37.2 Å². The molecule has 6 heteroatoms. The number of ether oxygens (including phenoxy) is 3. The molecule has 306 valence electrons. The number of rotatable bonds is 39. The lowest BCUT2D eigenvalue weighted by atomic mass is 10.0. The number of unbranched alkanes of at least 4 members (excludes halogenated alkanes) is 20. The lowest BCUT2D eigenvalue weighted by Crippen LogP contribution is -2.30. The van der Waals surface area contributed by atoms with Crippen LogP contribution in [0, 0.1) is 0 Å². The molecule has 6 nitrogen and oxygen atoms in total. The zero-order chi connectivity index (χ0) is 38.7. The SMILES string of the molecule is CC/C=C\C/C=C\C/C=C\C/C=C\CCC(=O)OCC(COC(=O)CCCCCCCCCCC)OC(=O)CCCCCCCCCCCCCCC. The quantitative estimate of drug-likeness (QED) is 0.0270. The van der Waals surface area contributed by atoms with Crippen LogP contribution in [0.4, 0.5) is 0 Å². The van der Waals surface area contributed by atoms with Gasteiger partial charge in [0.25, 0.3) is 0 Å². The standard InChI is InChI=1S/C47H82O6/c1-4-7-10-13-16-19-21-23-25-28-31-34-37-40-46(49)52-43-44(42-51-45(48)39-36-33-30-27-18-15-12-9-6-3)53-47(50)41-38-35-32-29-26-24-22-20-17-14-11-8-5-2/h7,10,16,19,23,25,31,34,44H,4-6,8-9,11-15,17-18,20-22,24,26-30,32-33,35-43H2,1-3H3/b10-7-,19-16-,25-23-,34-31-. The van der Waals surface area contributed by atoms with Gasteiger partial charge in [0.2, 0.25) is 0 Å². The second-order valence-electron chi connectivity index (χ2n) is 14.6. The molecule has 0 heterocycles. The van der Waals surface area contributed by atoms with Gasteiger partial charge in [-0.05, 0) is 44.9 Å². The van der Waals surface area contributed by atoms with Crippen molar-refractivity contribution >= 4 is 17.9 Å². The molecule has 0 amide bonds. The topological polar surface area (TPSA) is 78.9 Å². The second kappa shape index (κ2) is 42.1. The molecule has 0 fully saturated rings. The number of carbonyl (C=O) groups excluding carboxylic acids is 3. The highest BCUT2D eigenvalue weighted by atomic mass is 16.6. The fourth-order valence-corrected chi connectivity index (χ4v) is 6.04. The Kier molecular flexibility index (Phi) is 40.0. The van der Waals surface area contributed by atoms with Crippen LogP contribution in [0.3, 0.4) is 0 Å². The molecule has 0 aromatic rings. The minimum absolute atomic E-state index is 0.0925. The smallest absolute Gasteiger partial charge is 0.306 e. The van der Waals surface area contributed by atoms with Gasteiger partial charge in [0, 0.05) is 19.3 Å². The van der Waals surface area contributed by atoms with E-state index in [0.717, 1.165) is 64.2 Å². The maximum atomic E-state index is 12.7. The summed E-state index contributed by atoms with van der Waals surface area (Å²) in [7, 11) is 0. The first-order valence-corrected chi connectivity index (χ1v) is 22.1. The Hall–Kier alpha value is -2.63. The predicted octanol–water partition coefficient (Wildman–Crippen LogP) is 14.0. The molecule has 0 aliphatic heterocycles. The summed E-state index contributed by atoms with van der Waals surface area (Å²) in [6, 6.07) is 0. The monoisotopic (exact) mass is 743 g/mol. The number of hydrogen-bond donors (Lipinski definition) is 0. The van der Waals surface area contributed by atoms with Crippen LogP contribution in [0.25, 0.3) is 0 Å². The first-order valence-electron chi connectivity index (χ1n) is 22.1. The number of esters is 3. The third-order valence-corrected chi connectivity index (χ3v) is 9.36. The molecule has 0 radical (unpaired) electrons. The third kappa shape index (κ3) is 40.4. The summed E-state index contributed by atoms with van der Waals surface area (Å²) in [5, 5.41) is 0. The molecule has 1 atom stereocenters. The van der Waals surface area contributed by atoms with Crippen LogP contribution in [0.5, 0.6) is 0 Å². The number of carbonyl (C=O) groups is 3. The van der Waals surface area contributed by atoms with E-state index in [4.69, 9.17) is 14.2 Å². The third-order valence-electron chi connectivity index (χ3n) is 9.36. The van der Waals surface area contributed by atoms with Gasteiger partial charge in [-0.1, -0.05) is 198 Å². The highest BCUT2D eigenvalue weighted by Gasteiger charge is 2.19. The van der Waals surface area contributed by atoms with E-state index in [2.05, 4.69) is 57.2 Å². The Bertz CT molecular complexity index is 949. The first kappa shape index (κ1) is 50.4. The van der Waals surface area contributed by atoms with E-state index in [9.17, 15) is 14.4 Å². The summed E-state index contributed by atoms with van der Waals surface area (Å²) in [5.74, 6) is -0.980. The molecule has 53 heavy (non-hydrogen) atoms. The van der Waals surface area contributed by atoms with Crippen LogP contribution in [0.2, 0.25) is 0 Å². The predicted molar refractivity (Wildman–Crippen MR) is 224 cm³/mol. The van der Waals surface area contributed by atoms with Gasteiger partial charge in [-0.3, -0.25) is 14.4 Å². The van der Waals surface area contributed by atoms with E-state index in [-0.39, 0.29) is 37.5 Å². The summed E-state index contributed by atoms with van der Waals surface area (Å²) in [5.41, 5.74) is 0. The molecule has 1 unspecified atom stereocenters.